The maximum absolute atomic E-state index is 13.0. The lowest BCUT2D eigenvalue weighted by molar-refractivity contribution is -0.121. The smallest absolute Gasteiger partial charge is 0.269 e. The van der Waals surface area contributed by atoms with Crippen molar-refractivity contribution in [2.24, 2.45) is 0 Å². The number of ether oxygens (including phenoxy) is 2. The number of hydrogen-bond acceptors (Lipinski definition) is 6. The van der Waals surface area contributed by atoms with Crippen molar-refractivity contribution in [1.82, 2.24) is 15.6 Å². The molecule has 1 heterocycles. The van der Waals surface area contributed by atoms with E-state index in [1.807, 2.05) is 0 Å². The summed E-state index contributed by atoms with van der Waals surface area (Å²) in [6, 6.07) is 15.9. The highest BCUT2D eigenvalue weighted by Gasteiger charge is 2.18. The van der Waals surface area contributed by atoms with Gasteiger partial charge in [0.1, 0.15) is 5.82 Å². The average molecular weight is 485 g/mol. The molecular formula is C23H20FN3O6S. The van der Waals surface area contributed by atoms with Gasteiger partial charge in [0.05, 0.1) is 11.3 Å². The van der Waals surface area contributed by atoms with E-state index in [-0.39, 0.29) is 30.2 Å². The monoisotopic (exact) mass is 485 g/mol. The number of benzene rings is 3. The molecule has 3 aromatic rings. The third kappa shape index (κ3) is 5.69. The topological polar surface area (TPSA) is 123 Å². The molecule has 1 aliphatic rings. The first-order valence-corrected chi connectivity index (χ1v) is 11.6. The van der Waals surface area contributed by atoms with Crippen molar-refractivity contribution >= 4 is 21.8 Å². The lowest BCUT2D eigenvalue weighted by atomic mass is 10.1. The van der Waals surface area contributed by atoms with Crippen molar-refractivity contribution in [3.05, 3.63) is 89.2 Å². The summed E-state index contributed by atoms with van der Waals surface area (Å²) in [5.74, 6) is -0.501. The molecular weight excluding hydrogens is 465 g/mol. The van der Waals surface area contributed by atoms with Crippen LogP contribution in [0.15, 0.2) is 71.6 Å². The fourth-order valence-corrected chi connectivity index (χ4v) is 4.21. The van der Waals surface area contributed by atoms with Gasteiger partial charge in [-0.3, -0.25) is 20.4 Å². The number of nitrogens with one attached hydrogen (secondary N) is 3. The van der Waals surface area contributed by atoms with E-state index in [0.29, 0.717) is 22.6 Å². The third-order valence-corrected chi connectivity index (χ3v) is 6.30. The van der Waals surface area contributed by atoms with Crippen molar-refractivity contribution in [3.63, 3.8) is 0 Å². The van der Waals surface area contributed by atoms with E-state index in [1.165, 1.54) is 48.5 Å². The Morgan fingerprint density at radius 3 is 2.41 bits per heavy atom. The Labute approximate surface area is 194 Å². The van der Waals surface area contributed by atoms with Crippen LogP contribution >= 0.6 is 0 Å². The van der Waals surface area contributed by atoms with E-state index >= 15 is 0 Å². The molecule has 9 nitrogen and oxygen atoms in total. The lowest BCUT2D eigenvalue weighted by Gasteiger charge is -2.10. The molecule has 0 fully saturated rings. The van der Waals surface area contributed by atoms with E-state index in [0.717, 1.165) is 0 Å². The van der Waals surface area contributed by atoms with E-state index in [4.69, 9.17) is 9.47 Å². The number of sulfonamides is 1. The molecule has 34 heavy (non-hydrogen) atoms. The quantitative estimate of drug-likeness (QED) is 0.440. The molecule has 4 rings (SSSR count). The summed E-state index contributed by atoms with van der Waals surface area (Å²) in [6.45, 7) is 0.126. The molecule has 0 spiro atoms. The predicted molar refractivity (Wildman–Crippen MR) is 119 cm³/mol. The number of amides is 2. The van der Waals surface area contributed by atoms with Gasteiger partial charge in [-0.25, -0.2) is 17.5 Å². The lowest BCUT2D eigenvalue weighted by Crippen LogP contribution is -2.42. The molecule has 11 heteroatoms. The van der Waals surface area contributed by atoms with Crippen molar-refractivity contribution in [1.29, 1.82) is 0 Å². The Kier molecular flexibility index (Phi) is 6.75. The SMILES string of the molecule is O=C(Cc1ccc(F)cc1)NNC(=O)c1cccc(S(=O)(=O)NCc2ccc3c(c2)OCO3)c1. The summed E-state index contributed by atoms with van der Waals surface area (Å²) in [5, 5.41) is 0. The summed E-state index contributed by atoms with van der Waals surface area (Å²) in [6.07, 6.45) is -0.0707. The molecule has 0 unspecified atom stereocenters. The summed E-state index contributed by atoms with van der Waals surface area (Å²) >= 11 is 0. The average Bonchev–Trinajstić information content (AvgIpc) is 3.31. The number of carbonyl (C=O) groups is 2. The molecule has 0 radical (unpaired) electrons. The zero-order valence-corrected chi connectivity index (χ0v) is 18.5. The molecule has 0 saturated carbocycles. The first-order valence-electron chi connectivity index (χ1n) is 10.1. The third-order valence-electron chi connectivity index (χ3n) is 4.90. The molecule has 2 amide bonds. The predicted octanol–water partition coefficient (Wildman–Crippen LogP) is 2.04. The maximum atomic E-state index is 13.0. The summed E-state index contributed by atoms with van der Waals surface area (Å²) in [5.41, 5.74) is 5.76. The Morgan fingerprint density at radius 2 is 1.62 bits per heavy atom. The maximum Gasteiger partial charge on any atom is 0.269 e. The Hall–Kier alpha value is -3.96. The highest BCUT2D eigenvalue weighted by Crippen LogP contribution is 2.32. The number of hydrazine groups is 1. The minimum absolute atomic E-state index is 0.00877. The van der Waals surface area contributed by atoms with E-state index < -0.39 is 27.7 Å². The Morgan fingerprint density at radius 1 is 0.882 bits per heavy atom. The molecule has 0 saturated heterocycles. The number of fused-ring (bicyclic) bond motifs is 1. The van der Waals surface area contributed by atoms with Crippen LogP contribution in [0.2, 0.25) is 0 Å². The summed E-state index contributed by atoms with van der Waals surface area (Å²) in [4.78, 5) is 24.3. The highest BCUT2D eigenvalue weighted by atomic mass is 32.2. The van der Waals surface area contributed by atoms with Gasteiger partial charge < -0.3 is 9.47 Å². The Balaban J connectivity index is 1.34. The molecule has 0 aliphatic carbocycles. The normalized spacial score (nSPS) is 12.3. The highest BCUT2D eigenvalue weighted by molar-refractivity contribution is 7.89. The van der Waals surface area contributed by atoms with Gasteiger partial charge in [0.15, 0.2) is 11.5 Å². The number of hydrogen-bond donors (Lipinski definition) is 3. The zero-order chi connectivity index (χ0) is 24.1. The van der Waals surface area contributed by atoms with Crippen LogP contribution in [0.5, 0.6) is 11.5 Å². The largest absolute Gasteiger partial charge is 0.454 e. The van der Waals surface area contributed by atoms with Crippen molar-refractivity contribution in [2.45, 2.75) is 17.9 Å². The minimum atomic E-state index is -3.92. The van der Waals surface area contributed by atoms with Gasteiger partial charge in [-0.15, -0.1) is 0 Å². The van der Waals surface area contributed by atoms with Gasteiger partial charge >= 0.3 is 0 Å². The molecule has 176 valence electrons. The van der Waals surface area contributed by atoms with Crippen LogP contribution in [0.25, 0.3) is 0 Å². The van der Waals surface area contributed by atoms with Gasteiger partial charge in [-0.1, -0.05) is 24.3 Å². The number of rotatable bonds is 7. The number of carbonyl (C=O) groups excluding carboxylic acids is 2. The standard InChI is InChI=1S/C23H20FN3O6S/c24-18-7-4-15(5-8-18)11-22(28)26-27-23(29)17-2-1-3-19(12-17)34(30,31)25-13-16-6-9-20-21(10-16)33-14-32-20/h1-10,12,25H,11,13-14H2,(H,26,28)(H,27,29). The zero-order valence-electron chi connectivity index (χ0n) is 17.7. The molecule has 1 aliphatic heterocycles. The first-order chi connectivity index (χ1) is 16.3. The van der Waals surface area contributed by atoms with E-state index in [9.17, 15) is 22.4 Å². The first kappa shape index (κ1) is 23.2. The van der Waals surface area contributed by atoms with Crippen molar-refractivity contribution in [3.8, 4) is 11.5 Å². The van der Waals surface area contributed by atoms with E-state index in [1.54, 1.807) is 18.2 Å². The van der Waals surface area contributed by atoms with Crippen molar-refractivity contribution < 1.29 is 31.9 Å². The summed E-state index contributed by atoms with van der Waals surface area (Å²) < 4.78 is 51.4. The molecule has 3 N–H and O–H groups in total. The molecule has 3 aromatic carbocycles. The van der Waals surface area contributed by atoms with Crippen LogP contribution in [0.1, 0.15) is 21.5 Å². The van der Waals surface area contributed by atoms with Crippen LogP contribution in [0.3, 0.4) is 0 Å². The van der Waals surface area contributed by atoms with Crippen LogP contribution in [-0.2, 0) is 27.8 Å². The summed E-state index contributed by atoms with van der Waals surface area (Å²) in [7, 11) is -3.92. The second kappa shape index (κ2) is 9.89. The van der Waals surface area contributed by atoms with E-state index in [2.05, 4.69) is 15.6 Å². The van der Waals surface area contributed by atoms with Crippen LogP contribution in [0, 0.1) is 5.82 Å². The van der Waals surface area contributed by atoms with Gasteiger partial charge in [0.2, 0.25) is 22.7 Å². The van der Waals surface area contributed by atoms with Crippen LogP contribution < -0.4 is 25.0 Å². The fraction of sp³-hybridized carbons (Fsp3) is 0.130. The molecule has 0 aromatic heterocycles. The molecule has 0 atom stereocenters. The van der Waals surface area contributed by atoms with Gasteiger partial charge in [0.25, 0.3) is 5.91 Å². The van der Waals surface area contributed by atoms with Gasteiger partial charge in [0, 0.05) is 12.1 Å². The van der Waals surface area contributed by atoms with Gasteiger partial charge in [-0.05, 0) is 53.6 Å². The van der Waals surface area contributed by atoms with Gasteiger partial charge in [-0.2, -0.15) is 0 Å². The van der Waals surface area contributed by atoms with Crippen LogP contribution in [-0.4, -0.2) is 27.0 Å². The second-order valence-electron chi connectivity index (χ2n) is 7.35. The fourth-order valence-electron chi connectivity index (χ4n) is 3.15. The number of halogens is 1. The molecule has 0 bridgehead atoms. The van der Waals surface area contributed by atoms with Crippen LogP contribution in [0.4, 0.5) is 4.39 Å². The van der Waals surface area contributed by atoms with Crippen molar-refractivity contribution in [2.75, 3.05) is 6.79 Å². The minimum Gasteiger partial charge on any atom is -0.454 e. The Bertz CT molecular complexity index is 1330. The second-order valence-corrected chi connectivity index (χ2v) is 9.11.